The number of carbonyl (C=O) groups is 2. The van der Waals surface area contributed by atoms with Crippen LogP contribution in [0, 0.1) is 0 Å². The fraction of sp³-hybridized carbons (Fsp3) is 0.280. The molecule has 5 rings (SSSR count). The Balaban J connectivity index is 1.32. The van der Waals surface area contributed by atoms with Crippen LogP contribution in [-0.4, -0.2) is 37.2 Å². The van der Waals surface area contributed by atoms with Gasteiger partial charge in [-0.05, 0) is 31.4 Å². The Morgan fingerprint density at radius 1 is 1.15 bits per heavy atom. The third kappa shape index (κ3) is 4.43. The van der Waals surface area contributed by atoms with E-state index >= 15 is 0 Å². The van der Waals surface area contributed by atoms with Gasteiger partial charge in [-0.3, -0.25) is 14.2 Å². The molecule has 33 heavy (non-hydrogen) atoms. The number of hydrogen-bond acceptors (Lipinski definition) is 5. The summed E-state index contributed by atoms with van der Waals surface area (Å²) in [7, 11) is 0. The molecule has 0 unspecified atom stereocenters. The summed E-state index contributed by atoms with van der Waals surface area (Å²) in [5.41, 5.74) is 3.72. The average Bonchev–Trinajstić information content (AvgIpc) is 3.42. The van der Waals surface area contributed by atoms with E-state index in [2.05, 4.69) is 31.1 Å². The quantitative estimate of drug-likeness (QED) is 0.288. The van der Waals surface area contributed by atoms with Gasteiger partial charge in [0.1, 0.15) is 0 Å². The van der Waals surface area contributed by atoms with Gasteiger partial charge in [0.05, 0.1) is 11.8 Å². The molecule has 0 radical (unpaired) electrons. The molecule has 0 bridgehead atoms. The number of amides is 1. The zero-order valence-corrected chi connectivity index (χ0v) is 19.4. The Bertz CT molecular complexity index is 1320. The van der Waals surface area contributed by atoms with Crippen molar-refractivity contribution < 1.29 is 9.59 Å². The molecule has 1 saturated carbocycles. The predicted molar refractivity (Wildman–Crippen MR) is 129 cm³/mol. The number of nitrogens with zero attached hydrogens (tertiary/aromatic N) is 3. The van der Waals surface area contributed by atoms with Crippen LogP contribution in [0.4, 0.5) is 0 Å². The summed E-state index contributed by atoms with van der Waals surface area (Å²) in [6, 6.07) is 15.9. The molecule has 0 spiro atoms. The number of nitrogens with one attached hydrogen (secondary N) is 2. The second kappa shape index (κ2) is 8.86. The number of Topliss-reactive ketones (excluding diaryl/α,β-unsaturated/α-hetero) is 1. The lowest BCUT2D eigenvalue weighted by molar-refractivity contribution is -0.119. The SMILES string of the molecule is CC(=O)N[C@H](C)c1ccc(C(=O)CSc2nnc(-c3c[nH]c4ccccc34)n2C2CC2)cc1. The number of aromatic nitrogens is 4. The molecule has 2 N–H and O–H groups in total. The molecular formula is C25H25N5O2S. The van der Waals surface area contributed by atoms with E-state index in [1.54, 1.807) is 0 Å². The maximum Gasteiger partial charge on any atom is 0.217 e. The fourth-order valence-corrected chi connectivity index (χ4v) is 4.94. The monoisotopic (exact) mass is 459 g/mol. The van der Waals surface area contributed by atoms with Crippen LogP contribution in [0.15, 0.2) is 59.9 Å². The van der Waals surface area contributed by atoms with E-state index in [-0.39, 0.29) is 17.7 Å². The number of rotatable bonds is 8. The third-order valence-corrected chi connectivity index (χ3v) is 6.83. The lowest BCUT2D eigenvalue weighted by Crippen LogP contribution is -2.23. The van der Waals surface area contributed by atoms with Gasteiger partial charge in [-0.2, -0.15) is 0 Å². The molecule has 1 atom stereocenters. The normalized spacial score (nSPS) is 14.4. The third-order valence-electron chi connectivity index (χ3n) is 5.89. The highest BCUT2D eigenvalue weighted by Gasteiger charge is 2.31. The Hall–Kier alpha value is -3.39. The van der Waals surface area contributed by atoms with Gasteiger partial charge in [-0.25, -0.2) is 0 Å². The Morgan fingerprint density at radius 3 is 2.64 bits per heavy atom. The predicted octanol–water partition coefficient (Wildman–Crippen LogP) is 4.93. The molecule has 1 fully saturated rings. The number of thioether (sulfide) groups is 1. The first-order chi connectivity index (χ1) is 16.0. The van der Waals surface area contributed by atoms with Gasteiger partial charge in [0.2, 0.25) is 5.91 Å². The summed E-state index contributed by atoms with van der Waals surface area (Å²) < 4.78 is 2.19. The van der Waals surface area contributed by atoms with Crippen LogP contribution >= 0.6 is 11.8 Å². The number of para-hydroxylation sites is 1. The standard InChI is InChI=1S/C25H25N5O2S/c1-15(27-16(2)31)17-7-9-18(10-8-17)23(32)14-33-25-29-28-24(30(25)19-11-12-19)21-13-26-22-6-4-3-5-20(21)22/h3-10,13,15,19,26H,11-12,14H2,1-2H3,(H,27,31)/t15-/m1/s1. The van der Waals surface area contributed by atoms with E-state index in [0.717, 1.165) is 45.9 Å². The zero-order chi connectivity index (χ0) is 22.9. The molecule has 1 aliphatic rings. The number of H-pyrrole nitrogens is 1. The van der Waals surface area contributed by atoms with Crippen molar-refractivity contribution in [2.75, 3.05) is 5.75 Å². The average molecular weight is 460 g/mol. The first kappa shape index (κ1) is 21.5. The van der Waals surface area contributed by atoms with Crippen molar-refractivity contribution in [3.63, 3.8) is 0 Å². The van der Waals surface area contributed by atoms with Crippen molar-refractivity contribution in [1.82, 2.24) is 25.1 Å². The fourth-order valence-electron chi connectivity index (χ4n) is 4.04. The van der Waals surface area contributed by atoms with Crippen LogP contribution in [0.1, 0.15) is 54.7 Å². The molecule has 1 aliphatic carbocycles. The van der Waals surface area contributed by atoms with Crippen molar-refractivity contribution in [2.24, 2.45) is 0 Å². The van der Waals surface area contributed by atoms with Crippen molar-refractivity contribution in [2.45, 2.75) is 43.9 Å². The van der Waals surface area contributed by atoms with Gasteiger partial charge in [0.25, 0.3) is 0 Å². The molecule has 1 amide bonds. The van der Waals surface area contributed by atoms with Crippen LogP contribution in [-0.2, 0) is 4.79 Å². The number of ketones is 1. The Kier molecular flexibility index (Phi) is 5.76. The molecule has 2 aromatic carbocycles. The Labute approximate surface area is 196 Å². The minimum Gasteiger partial charge on any atom is -0.360 e. The molecule has 4 aromatic rings. The molecule has 7 nitrogen and oxygen atoms in total. The second-order valence-electron chi connectivity index (χ2n) is 8.41. The molecule has 168 valence electrons. The summed E-state index contributed by atoms with van der Waals surface area (Å²) in [4.78, 5) is 27.4. The number of hydrogen-bond donors (Lipinski definition) is 2. The maximum absolute atomic E-state index is 12.8. The topological polar surface area (TPSA) is 92.7 Å². The van der Waals surface area contributed by atoms with E-state index < -0.39 is 0 Å². The van der Waals surface area contributed by atoms with Gasteiger partial charge in [0, 0.05) is 41.2 Å². The largest absolute Gasteiger partial charge is 0.360 e. The lowest BCUT2D eigenvalue weighted by atomic mass is 10.0. The highest BCUT2D eigenvalue weighted by molar-refractivity contribution is 7.99. The van der Waals surface area contributed by atoms with Crippen LogP contribution in [0.2, 0.25) is 0 Å². The lowest BCUT2D eigenvalue weighted by Gasteiger charge is -2.13. The van der Waals surface area contributed by atoms with Crippen LogP contribution in [0.25, 0.3) is 22.3 Å². The minimum absolute atomic E-state index is 0.0396. The summed E-state index contributed by atoms with van der Waals surface area (Å²) in [6.07, 6.45) is 4.18. The van der Waals surface area contributed by atoms with Crippen molar-refractivity contribution in [1.29, 1.82) is 0 Å². The van der Waals surface area contributed by atoms with Gasteiger partial charge in [-0.15, -0.1) is 10.2 Å². The number of carbonyl (C=O) groups excluding carboxylic acids is 2. The smallest absolute Gasteiger partial charge is 0.217 e. The van der Waals surface area contributed by atoms with Gasteiger partial charge in [-0.1, -0.05) is 54.2 Å². The van der Waals surface area contributed by atoms with Crippen LogP contribution in [0.3, 0.4) is 0 Å². The molecule has 2 heterocycles. The first-order valence-corrected chi connectivity index (χ1v) is 12.0. The number of fused-ring (bicyclic) bond motifs is 1. The number of aromatic amines is 1. The first-order valence-electron chi connectivity index (χ1n) is 11.1. The maximum atomic E-state index is 12.8. The van der Waals surface area contributed by atoms with E-state index in [0.29, 0.717) is 17.4 Å². The Morgan fingerprint density at radius 2 is 1.91 bits per heavy atom. The van der Waals surface area contributed by atoms with Crippen LogP contribution < -0.4 is 5.32 Å². The van der Waals surface area contributed by atoms with Gasteiger partial charge < -0.3 is 10.3 Å². The highest BCUT2D eigenvalue weighted by atomic mass is 32.2. The summed E-state index contributed by atoms with van der Waals surface area (Å²) in [5.74, 6) is 1.10. The molecule has 8 heteroatoms. The molecule has 2 aromatic heterocycles. The summed E-state index contributed by atoms with van der Waals surface area (Å²) >= 11 is 1.43. The van der Waals surface area contributed by atoms with Crippen molar-refractivity contribution >= 4 is 34.4 Å². The molecular weight excluding hydrogens is 434 g/mol. The summed E-state index contributed by atoms with van der Waals surface area (Å²) in [5, 5.41) is 13.7. The second-order valence-corrected chi connectivity index (χ2v) is 9.35. The highest BCUT2D eigenvalue weighted by Crippen LogP contribution is 2.42. The summed E-state index contributed by atoms with van der Waals surface area (Å²) in [6.45, 7) is 3.42. The van der Waals surface area contributed by atoms with E-state index in [4.69, 9.17) is 0 Å². The van der Waals surface area contributed by atoms with Crippen LogP contribution in [0.5, 0.6) is 0 Å². The zero-order valence-electron chi connectivity index (χ0n) is 18.5. The molecule has 0 aliphatic heterocycles. The molecule has 0 saturated heterocycles. The van der Waals surface area contributed by atoms with Gasteiger partial charge >= 0.3 is 0 Å². The van der Waals surface area contributed by atoms with E-state index in [9.17, 15) is 9.59 Å². The van der Waals surface area contributed by atoms with Crippen molar-refractivity contribution in [3.8, 4) is 11.4 Å². The van der Waals surface area contributed by atoms with E-state index in [1.807, 2.05) is 55.6 Å². The minimum atomic E-state index is -0.0962. The van der Waals surface area contributed by atoms with Crippen molar-refractivity contribution in [3.05, 3.63) is 65.9 Å². The van der Waals surface area contributed by atoms with E-state index in [1.165, 1.54) is 18.7 Å². The van der Waals surface area contributed by atoms with Gasteiger partial charge in [0.15, 0.2) is 16.8 Å². The number of benzene rings is 2.